The van der Waals surface area contributed by atoms with Gasteiger partial charge in [0.1, 0.15) is 5.82 Å². The molecule has 1 heterocycles. The Bertz CT molecular complexity index is 717. The highest BCUT2D eigenvalue weighted by Crippen LogP contribution is 2.29. The maximum absolute atomic E-state index is 13.9. The molecular weight excluding hydrogens is 227 g/mol. The Hall–Kier alpha value is -2.42. The first-order valence-corrected chi connectivity index (χ1v) is 5.65. The summed E-state index contributed by atoms with van der Waals surface area (Å²) in [7, 11) is 0. The highest BCUT2D eigenvalue weighted by molar-refractivity contribution is 5.94. The Morgan fingerprint density at radius 1 is 1.00 bits per heavy atom. The highest BCUT2D eigenvalue weighted by atomic mass is 19.1. The number of halogens is 1. The summed E-state index contributed by atoms with van der Waals surface area (Å²) in [6.07, 6.45) is 1.68. The van der Waals surface area contributed by atoms with E-state index >= 15 is 0 Å². The minimum absolute atomic E-state index is 0.312. The number of hydrogen-bond donors (Lipinski definition) is 1. The van der Waals surface area contributed by atoms with Gasteiger partial charge < -0.3 is 5.73 Å². The second-order valence-electron chi connectivity index (χ2n) is 4.12. The first-order chi connectivity index (χ1) is 8.75. The summed E-state index contributed by atoms with van der Waals surface area (Å²) in [5, 5.41) is 1.95. The van der Waals surface area contributed by atoms with Crippen LogP contribution in [-0.2, 0) is 0 Å². The lowest BCUT2D eigenvalue weighted by atomic mass is 10.0. The second kappa shape index (κ2) is 4.11. The fourth-order valence-electron chi connectivity index (χ4n) is 2.06. The molecule has 2 N–H and O–H groups in total. The van der Waals surface area contributed by atoms with Gasteiger partial charge in [-0.15, -0.1) is 0 Å². The van der Waals surface area contributed by atoms with Crippen LogP contribution in [-0.4, -0.2) is 4.98 Å². The lowest BCUT2D eigenvalue weighted by molar-refractivity contribution is 0.631. The van der Waals surface area contributed by atoms with Crippen molar-refractivity contribution in [2.24, 2.45) is 0 Å². The van der Waals surface area contributed by atoms with Crippen molar-refractivity contribution in [2.75, 3.05) is 5.73 Å². The van der Waals surface area contributed by atoms with E-state index < -0.39 is 0 Å². The monoisotopic (exact) mass is 238 g/mol. The van der Waals surface area contributed by atoms with E-state index in [9.17, 15) is 4.39 Å². The van der Waals surface area contributed by atoms with Crippen molar-refractivity contribution < 1.29 is 4.39 Å². The molecule has 0 amide bonds. The van der Waals surface area contributed by atoms with E-state index in [4.69, 9.17) is 5.73 Å². The fraction of sp³-hybridized carbons (Fsp3) is 0. The molecule has 0 saturated heterocycles. The number of pyridine rings is 1. The molecule has 2 aromatic carbocycles. The van der Waals surface area contributed by atoms with Crippen LogP contribution in [0.25, 0.3) is 22.0 Å². The van der Waals surface area contributed by atoms with Gasteiger partial charge in [0.2, 0.25) is 0 Å². The summed E-state index contributed by atoms with van der Waals surface area (Å²) < 4.78 is 13.9. The quantitative estimate of drug-likeness (QED) is 0.657. The number of nitrogens with two attached hydrogens (primary N) is 1. The summed E-state index contributed by atoms with van der Waals surface area (Å²) in [6.45, 7) is 0. The number of rotatable bonds is 1. The number of benzene rings is 2. The van der Waals surface area contributed by atoms with Crippen LogP contribution >= 0.6 is 0 Å². The van der Waals surface area contributed by atoms with Crippen molar-refractivity contribution in [3.63, 3.8) is 0 Å². The third-order valence-corrected chi connectivity index (χ3v) is 2.92. The second-order valence-corrected chi connectivity index (χ2v) is 4.12. The van der Waals surface area contributed by atoms with Gasteiger partial charge in [0.25, 0.3) is 0 Å². The Labute approximate surface area is 104 Å². The SMILES string of the molecule is Nc1ccc(F)c(-c2nccc3ccccc23)c1. The van der Waals surface area contributed by atoms with Crippen LogP contribution in [0.1, 0.15) is 0 Å². The zero-order valence-electron chi connectivity index (χ0n) is 9.60. The van der Waals surface area contributed by atoms with Crippen molar-refractivity contribution >= 4 is 16.5 Å². The molecule has 18 heavy (non-hydrogen) atoms. The van der Waals surface area contributed by atoms with E-state index in [1.807, 2.05) is 30.3 Å². The number of nitrogens with zero attached hydrogens (tertiary/aromatic N) is 1. The molecule has 0 atom stereocenters. The van der Waals surface area contributed by atoms with E-state index in [0.717, 1.165) is 10.8 Å². The molecule has 0 spiro atoms. The van der Waals surface area contributed by atoms with Crippen LogP contribution in [0.3, 0.4) is 0 Å². The topological polar surface area (TPSA) is 38.9 Å². The Balaban J connectivity index is 2.35. The Kier molecular flexibility index (Phi) is 2.45. The van der Waals surface area contributed by atoms with Crippen molar-refractivity contribution in [3.8, 4) is 11.3 Å². The first-order valence-electron chi connectivity index (χ1n) is 5.65. The summed E-state index contributed by atoms with van der Waals surface area (Å²) >= 11 is 0. The molecule has 0 aliphatic rings. The third-order valence-electron chi connectivity index (χ3n) is 2.92. The average molecular weight is 238 g/mol. The minimum Gasteiger partial charge on any atom is -0.399 e. The Morgan fingerprint density at radius 3 is 2.72 bits per heavy atom. The lowest BCUT2D eigenvalue weighted by Gasteiger charge is -2.07. The summed E-state index contributed by atoms with van der Waals surface area (Å²) in [5.74, 6) is -0.312. The van der Waals surface area contributed by atoms with Crippen LogP contribution < -0.4 is 5.73 Å². The summed E-state index contributed by atoms with van der Waals surface area (Å²) in [5.41, 5.74) is 7.30. The van der Waals surface area contributed by atoms with Crippen LogP contribution in [0.2, 0.25) is 0 Å². The van der Waals surface area contributed by atoms with Gasteiger partial charge in [0.15, 0.2) is 0 Å². The smallest absolute Gasteiger partial charge is 0.132 e. The molecule has 3 aromatic rings. The van der Waals surface area contributed by atoms with E-state index in [-0.39, 0.29) is 5.82 Å². The van der Waals surface area contributed by atoms with Crippen LogP contribution in [0, 0.1) is 5.82 Å². The summed E-state index contributed by atoms with van der Waals surface area (Å²) in [4.78, 5) is 4.28. The lowest BCUT2D eigenvalue weighted by Crippen LogP contribution is -1.92. The van der Waals surface area contributed by atoms with Crippen LogP contribution in [0.4, 0.5) is 10.1 Å². The predicted octanol–water partition coefficient (Wildman–Crippen LogP) is 3.62. The molecule has 3 heteroatoms. The maximum atomic E-state index is 13.9. The van der Waals surface area contributed by atoms with Gasteiger partial charge >= 0.3 is 0 Å². The molecular formula is C15H11FN2. The number of fused-ring (bicyclic) bond motifs is 1. The van der Waals surface area contributed by atoms with Gasteiger partial charge in [-0.05, 0) is 29.7 Å². The molecule has 0 bridgehead atoms. The van der Waals surface area contributed by atoms with Gasteiger partial charge in [0.05, 0.1) is 5.69 Å². The number of nitrogen functional groups attached to an aromatic ring is 1. The standard InChI is InChI=1S/C15H11FN2/c16-14-6-5-11(17)9-13(14)15-12-4-2-1-3-10(12)7-8-18-15/h1-9H,17H2. The number of aromatic nitrogens is 1. The number of anilines is 1. The fourth-order valence-corrected chi connectivity index (χ4v) is 2.06. The maximum Gasteiger partial charge on any atom is 0.132 e. The largest absolute Gasteiger partial charge is 0.399 e. The molecule has 0 saturated carbocycles. The van der Waals surface area contributed by atoms with E-state index in [0.29, 0.717) is 16.9 Å². The molecule has 88 valence electrons. The first kappa shape index (κ1) is 10.7. The normalized spacial score (nSPS) is 10.7. The zero-order valence-corrected chi connectivity index (χ0v) is 9.60. The van der Waals surface area contributed by atoms with Gasteiger partial charge in [-0.2, -0.15) is 0 Å². The molecule has 1 aromatic heterocycles. The highest BCUT2D eigenvalue weighted by Gasteiger charge is 2.10. The van der Waals surface area contributed by atoms with Crippen molar-refractivity contribution in [3.05, 3.63) is 60.5 Å². The molecule has 0 aliphatic heterocycles. The molecule has 0 fully saturated rings. The van der Waals surface area contributed by atoms with Gasteiger partial charge in [0, 0.05) is 22.8 Å². The average Bonchev–Trinajstić information content (AvgIpc) is 2.41. The molecule has 2 nitrogen and oxygen atoms in total. The van der Waals surface area contributed by atoms with Crippen LogP contribution in [0.5, 0.6) is 0 Å². The molecule has 3 rings (SSSR count). The number of hydrogen-bond acceptors (Lipinski definition) is 2. The van der Waals surface area contributed by atoms with Crippen molar-refractivity contribution in [1.29, 1.82) is 0 Å². The molecule has 0 radical (unpaired) electrons. The van der Waals surface area contributed by atoms with Crippen molar-refractivity contribution in [2.45, 2.75) is 0 Å². The van der Waals surface area contributed by atoms with Gasteiger partial charge in [-0.25, -0.2) is 4.39 Å². The van der Waals surface area contributed by atoms with E-state index in [1.54, 1.807) is 18.3 Å². The van der Waals surface area contributed by atoms with Crippen molar-refractivity contribution in [1.82, 2.24) is 4.98 Å². The van der Waals surface area contributed by atoms with Gasteiger partial charge in [-0.1, -0.05) is 24.3 Å². The molecule has 0 aliphatic carbocycles. The van der Waals surface area contributed by atoms with Crippen LogP contribution in [0.15, 0.2) is 54.7 Å². The van der Waals surface area contributed by atoms with E-state index in [2.05, 4.69) is 4.98 Å². The predicted molar refractivity (Wildman–Crippen MR) is 71.5 cm³/mol. The Morgan fingerprint density at radius 2 is 1.83 bits per heavy atom. The molecule has 0 unspecified atom stereocenters. The van der Waals surface area contributed by atoms with Gasteiger partial charge in [-0.3, -0.25) is 4.98 Å². The minimum atomic E-state index is -0.312. The third kappa shape index (κ3) is 1.70. The van der Waals surface area contributed by atoms with E-state index in [1.165, 1.54) is 6.07 Å². The summed E-state index contributed by atoms with van der Waals surface area (Å²) in [6, 6.07) is 14.2. The zero-order chi connectivity index (χ0) is 12.5.